The Hall–Kier alpha value is 0.270. The van der Waals surface area contributed by atoms with Crippen LogP contribution in [0.4, 0.5) is 0 Å². The van der Waals surface area contributed by atoms with Crippen LogP contribution in [-0.2, 0) is 4.74 Å². The molecule has 1 atom stereocenters. The third kappa shape index (κ3) is 8.67. The molecule has 2 saturated heterocycles. The van der Waals surface area contributed by atoms with Crippen molar-refractivity contribution in [2.24, 2.45) is 10.9 Å². The van der Waals surface area contributed by atoms with Gasteiger partial charge in [0, 0.05) is 31.5 Å². The second-order valence-corrected chi connectivity index (χ2v) is 8.94. The van der Waals surface area contributed by atoms with Crippen molar-refractivity contribution < 1.29 is 4.74 Å². The van der Waals surface area contributed by atoms with Crippen molar-refractivity contribution in [3.63, 3.8) is 0 Å². The van der Waals surface area contributed by atoms with E-state index in [9.17, 15) is 0 Å². The number of methoxy groups -OCH3 is 1. The van der Waals surface area contributed by atoms with Crippen molar-refractivity contribution in [1.82, 2.24) is 15.5 Å². The van der Waals surface area contributed by atoms with Gasteiger partial charge in [-0.2, -0.15) is 11.8 Å². The number of aliphatic imine (C=N–C) groups is 1. The zero-order chi connectivity index (χ0) is 17.3. The van der Waals surface area contributed by atoms with Crippen molar-refractivity contribution >= 4 is 41.7 Å². The first-order valence-electron chi connectivity index (χ1n) is 9.52. The number of thioether (sulfide) groups is 1. The highest BCUT2D eigenvalue weighted by atomic mass is 127. The molecular formula is C18H37IN4OS. The van der Waals surface area contributed by atoms with Crippen LogP contribution in [-0.4, -0.2) is 74.3 Å². The lowest BCUT2D eigenvalue weighted by Gasteiger charge is -2.32. The Morgan fingerprint density at radius 2 is 2.08 bits per heavy atom. The van der Waals surface area contributed by atoms with Crippen LogP contribution in [0.1, 0.15) is 39.5 Å². The van der Waals surface area contributed by atoms with Crippen molar-refractivity contribution in [1.29, 1.82) is 0 Å². The molecule has 2 fully saturated rings. The molecule has 5 nitrogen and oxygen atoms in total. The molecule has 2 rings (SSSR count). The average molecular weight is 484 g/mol. The van der Waals surface area contributed by atoms with Gasteiger partial charge < -0.3 is 20.3 Å². The predicted molar refractivity (Wildman–Crippen MR) is 121 cm³/mol. The Morgan fingerprint density at radius 1 is 1.32 bits per heavy atom. The van der Waals surface area contributed by atoms with Gasteiger partial charge in [0.15, 0.2) is 5.96 Å². The van der Waals surface area contributed by atoms with E-state index in [2.05, 4.69) is 41.1 Å². The molecule has 0 aromatic heterocycles. The van der Waals surface area contributed by atoms with E-state index in [1.54, 1.807) is 7.11 Å². The fourth-order valence-corrected chi connectivity index (χ4v) is 4.65. The molecule has 2 heterocycles. The minimum absolute atomic E-state index is 0. The Labute approximate surface area is 175 Å². The summed E-state index contributed by atoms with van der Waals surface area (Å²) in [4.78, 5) is 7.37. The first-order chi connectivity index (χ1) is 11.6. The lowest BCUT2D eigenvalue weighted by atomic mass is 9.97. The van der Waals surface area contributed by atoms with E-state index in [0.717, 1.165) is 44.7 Å². The zero-order valence-corrected chi connectivity index (χ0v) is 19.3. The highest BCUT2D eigenvalue weighted by Gasteiger charge is 2.29. The molecule has 7 heteroatoms. The van der Waals surface area contributed by atoms with Crippen molar-refractivity contribution in [3.05, 3.63) is 0 Å². The summed E-state index contributed by atoms with van der Waals surface area (Å²) in [5.41, 5.74) is 0. The molecule has 0 aromatic carbocycles. The Morgan fingerprint density at radius 3 is 2.68 bits per heavy atom. The van der Waals surface area contributed by atoms with Gasteiger partial charge in [0.1, 0.15) is 0 Å². The van der Waals surface area contributed by atoms with E-state index in [0.29, 0.717) is 4.75 Å². The van der Waals surface area contributed by atoms with Gasteiger partial charge in [0.25, 0.3) is 0 Å². The highest BCUT2D eigenvalue weighted by Crippen LogP contribution is 2.37. The molecule has 0 aliphatic carbocycles. The van der Waals surface area contributed by atoms with Crippen molar-refractivity contribution in [2.75, 3.05) is 58.7 Å². The highest BCUT2D eigenvalue weighted by molar-refractivity contribution is 14.0. The van der Waals surface area contributed by atoms with Gasteiger partial charge in [-0.25, -0.2) is 0 Å². The second kappa shape index (κ2) is 12.6. The molecular weight excluding hydrogens is 447 g/mol. The zero-order valence-electron chi connectivity index (χ0n) is 16.2. The van der Waals surface area contributed by atoms with Gasteiger partial charge in [-0.1, -0.05) is 0 Å². The Balaban J connectivity index is 0.00000312. The number of nitrogens with zero attached hydrogens (tertiary/aromatic N) is 2. The molecule has 148 valence electrons. The second-order valence-electron chi connectivity index (χ2n) is 7.26. The molecule has 2 aliphatic rings. The maximum atomic E-state index is 5.17. The molecule has 0 aromatic rings. The smallest absolute Gasteiger partial charge is 0.191 e. The molecule has 0 spiro atoms. The summed E-state index contributed by atoms with van der Waals surface area (Å²) >= 11 is 2.08. The van der Waals surface area contributed by atoms with E-state index >= 15 is 0 Å². The standard InChI is InChI=1S/C18H36N4OS.HI/c1-4-19-17(21-15-18(2)8-5-13-24-18)20-14-16-6-9-22(10-7-16)11-12-23-3;/h16H,4-15H2,1-3H3,(H2,19,20,21);1H. The van der Waals surface area contributed by atoms with E-state index in [1.807, 2.05) is 0 Å². The van der Waals surface area contributed by atoms with Crippen molar-refractivity contribution in [2.45, 2.75) is 44.3 Å². The van der Waals surface area contributed by atoms with Crippen LogP contribution in [0.5, 0.6) is 0 Å². The molecule has 1 unspecified atom stereocenters. The van der Waals surface area contributed by atoms with Crippen molar-refractivity contribution in [3.8, 4) is 0 Å². The third-order valence-corrected chi connectivity index (χ3v) is 6.62. The van der Waals surface area contributed by atoms with Gasteiger partial charge in [0.05, 0.1) is 13.2 Å². The number of halogens is 1. The van der Waals surface area contributed by atoms with Gasteiger partial charge in [-0.3, -0.25) is 4.99 Å². The molecule has 0 saturated carbocycles. The number of rotatable bonds is 8. The normalized spacial score (nSPS) is 25.6. The van der Waals surface area contributed by atoms with Crippen LogP contribution < -0.4 is 10.6 Å². The van der Waals surface area contributed by atoms with Crippen LogP contribution in [0.25, 0.3) is 0 Å². The van der Waals surface area contributed by atoms with Gasteiger partial charge in [0.2, 0.25) is 0 Å². The average Bonchev–Trinajstić information content (AvgIpc) is 3.03. The Bertz CT molecular complexity index is 383. The molecule has 0 bridgehead atoms. The third-order valence-electron chi connectivity index (χ3n) is 5.09. The summed E-state index contributed by atoms with van der Waals surface area (Å²) in [6, 6.07) is 0. The maximum absolute atomic E-state index is 5.17. The first-order valence-corrected chi connectivity index (χ1v) is 10.5. The van der Waals surface area contributed by atoms with Crippen LogP contribution in [0, 0.1) is 5.92 Å². The summed E-state index contributed by atoms with van der Waals surface area (Å²) in [6.07, 6.45) is 5.16. The van der Waals surface area contributed by atoms with Crippen LogP contribution in [0.3, 0.4) is 0 Å². The van der Waals surface area contributed by atoms with E-state index in [-0.39, 0.29) is 24.0 Å². The summed E-state index contributed by atoms with van der Waals surface area (Å²) < 4.78 is 5.52. The summed E-state index contributed by atoms with van der Waals surface area (Å²) in [7, 11) is 1.78. The summed E-state index contributed by atoms with van der Waals surface area (Å²) in [5, 5.41) is 6.98. The van der Waals surface area contributed by atoms with Gasteiger partial charge in [-0.05, 0) is 64.3 Å². The number of ether oxygens (including phenoxy) is 1. The first kappa shape index (κ1) is 23.3. The lowest BCUT2D eigenvalue weighted by Crippen LogP contribution is -2.43. The van der Waals surface area contributed by atoms with Gasteiger partial charge in [-0.15, -0.1) is 24.0 Å². The number of hydrogen-bond donors (Lipinski definition) is 2. The monoisotopic (exact) mass is 484 g/mol. The maximum Gasteiger partial charge on any atom is 0.191 e. The number of nitrogens with one attached hydrogen (secondary N) is 2. The Kier molecular flexibility index (Phi) is 11.8. The predicted octanol–water partition coefficient (Wildman–Crippen LogP) is 2.80. The quantitative estimate of drug-likeness (QED) is 0.315. The minimum atomic E-state index is 0. The van der Waals surface area contributed by atoms with Crippen LogP contribution >= 0.6 is 35.7 Å². The van der Waals surface area contributed by atoms with E-state index < -0.39 is 0 Å². The number of guanidine groups is 1. The molecule has 0 radical (unpaired) electrons. The topological polar surface area (TPSA) is 48.9 Å². The minimum Gasteiger partial charge on any atom is -0.383 e. The van der Waals surface area contributed by atoms with E-state index in [1.165, 1.54) is 44.5 Å². The summed E-state index contributed by atoms with van der Waals surface area (Å²) in [6.45, 7) is 11.7. The number of likely N-dealkylation sites (tertiary alicyclic amines) is 1. The molecule has 2 N–H and O–H groups in total. The van der Waals surface area contributed by atoms with Crippen LogP contribution in [0.15, 0.2) is 4.99 Å². The van der Waals surface area contributed by atoms with Crippen LogP contribution in [0.2, 0.25) is 0 Å². The number of hydrogen-bond acceptors (Lipinski definition) is 4. The summed E-state index contributed by atoms with van der Waals surface area (Å²) in [5.74, 6) is 3.04. The van der Waals surface area contributed by atoms with Gasteiger partial charge >= 0.3 is 0 Å². The SMILES string of the molecule is CCNC(=NCC1(C)CCCS1)NCC1CCN(CCOC)CC1.I. The largest absolute Gasteiger partial charge is 0.383 e. The fraction of sp³-hybridized carbons (Fsp3) is 0.944. The van der Waals surface area contributed by atoms with E-state index in [4.69, 9.17) is 9.73 Å². The molecule has 2 aliphatic heterocycles. The lowest BCUT2D eigenvalue weighted by molar-refractivity contribution is 0.121. The number of piperidine rings is 1. The molecule has 0 amide bonds. The molecule has 25 heavy (non-hydrogen) atoms. The fourth-order valence-electron chi connectivity index (χ4n) is 3.43.